The van der Waals surface area contributed by atoms with Crippen molar-refractivity contribution in [2.24, 2.45) is 34.0 Å². The Morgan fingerprint density at radius 1 is 1.18 bits per heavy atom. The van der Waals surface area contributed by atoms with E-state index in [-0.39, 0.29) is 45.6 Å². The van der Waals surface area contributed by atoms with Crippen molar-refractivity contribution in [2.75, 3.05) is 15.8 Å². The van der Waals surface area contributed by atoms with Crippen LogP contribution in [0.15, 0.2) is 82.6 Å². The highest BCUT2D eigenvalue weighted by atomic mass is 32.2. The Bertz CT molecular complexity index is 1830. The Morgan fingerprint density at radius 2 is 1.94 bits per heavy atom. The fraction of sp³-hybridized carbons (Fsp3) is 0.500. The molecule has 12 heteroatoms. The number of aliphatic hydroxyl groups excluding tert-OH is 1. The van der Waals surface area contributed by atoms with Crippen LogP contribution in [0, 0.1) is 34.0 Å². The van der Waals surface area contributed by atoms with Crippen LogP contribution in [0.1, 0.15) is 65.4 Å². The molecular weight excluding hydrogens is 691 g/mol. The smallest absolute Gasteiger partial charge is 0.316 e. The summed E-state index contributed by atoms with van der Waals surface area (Å²) in [7, 11) is -3.73. The van der Waals surface area contributed by atoms with E-state index in [4.69, 9.17) is 4.74 Å². The zero-order valence-electron chi connectivity index (χ0n) is 29.1. The van der Waals surface area contributed by atoms with Gasteiger partial charge in [-0.3, -0.25) is 14.3 Å². The van der Waals surface area contributed by atoms with Crippen LogP contribution in [-0.2, 0) is 30.9 Å². The van der Waals surface area contributed by atoms with E-state index >= 15 is 0 Å². The summed E-state index contributed by atoms with van der Waals surface area (Å²) >= 11 is 2.61. The van der Waals surface area contributed by atoms with E-state index in [2.05, 4.69) is 42.4 Å². The molecule has 6 rings (SSSR count). The topological polar surface area (TPSA) is 135 Å². The zero-order valence-corrected chi connectivity index (χ0v) is 31.5. The van der Waals surface area contributed by atoms with E-state index in [1.165, 1.54) is 29.3 Å². The Balaban J connectivity index is 1.11. The quantitative estimate of drug-likeness (QED) is 0.104. The van der Waals surface area contributed by atoms with Crippen molar-refractivity contribution in [3.8, 4) is 0 Å². The van der Waals surface area contributed by atoms with Crippen LogP contribution in [-0.4, -0.2) is 48.2 Å². The SMILES string of the molecule is C=C[C@]1(C)C[C@@H](OC(=O)CSc2cccc(CNc3ccc(S(=O)(=O)Nc4nccs4)cc3)c2)[C@]2(C)[C@H](C)CC[C@]3(CCC(=O)[C@H]32)[C@@H](C)[C@@H]1O. The lowest BCUT2D eigenvalue weighted by Gasteiger charge is -2.61. The largest absolute Gasteiger partial charge is 0.461 e. The van der Waals surface area contributed by atoms with Crippen molar-refractivity contribution in [3.05, 3.63) is 78.3 Å². The van der Waals surface area contributed by atoms with E-state index in [0.717, 1.165) is 35.4 Å². The first-order chi connectivity index (χ1) is 23.7. The monoisotopic (exact) mass is 737 g/mol. The maximum atomic E-state index is 13.7. The number of aromatic nitrogens is 1. The average molecular weight is 738 g/mol. The standard InChI is InChI=1S/C38H47N3O6S3/c1-6-36(4)21-31(37(5)24(2)14-16-38(25(3)34(36)44)17-15-30(42)33(37)38)47-32(43)23-49-28-9-7-8-26(20-28)22-40-27-10-12-29(13-11-27)50(45,46)41-35-39-18-19-48-35/h6-13,18-20,24-25,31,33-34,40,44H,1,14-17,21-23H2,2-5H3,(H,39,41)/t24-,25+,31-,33+,34+,36-,37+,38+/m1/s1. The number of rotatable bonds is 11. The molecule has 0 spiro atoms. The molecule has 0 unspecified atom stereocenters. The first-order valence-electron chi connectivity index (χ1n) is 17.2. The van der Waals surface area contributed by atoms with Gasteiger partial charge >= 0.3 is 5.97 Å². The van der Waals surface area contributed by atoms with Crippen molar-refractivity contribution < 1.29 is 27.9 Å². The Kier molecular flexibility index (Phi) is 10.3. The number of ether oxygens (including phenoxy) is 1. The number of carbonyl (C=O) groups is 2. The number of nitrogens with one attached hydrogen (secondary N) is 2. The maximum absolute atomic E-state index is 13.7. The number of ketones is 1. The minimum Gasteiger partial charge on any atom is -0.461 e. The van der Waals surface area contributed by atoms with Crippen LogP contribution >= 0.6 is 23.1 Å². The fourth-order valence-corrected chi connectivity index (χ4v) is 11.5. The van der Waals surface area contributed by atoms with Gasteiger partial charge in [-0.2, -0.15) is 0 Å². The Labute approximate surface area is 303 Å². The highest BCUT2D eigenvalue weighted by Gasteiger charge is 2.68. The Morgan fingerprint density at radius 3 is 2.64 bits per heavy atom. The van der Waals surface area contributed by atoms with Crippen molar-refractivity contribution in [1.29, 1.82) is 0 Å². The second-order valence-electron chi connectivity index (χ2n) is 14.8. The molecule has 0 aliphatic heterocycles. The van der Waals surface area contributed by atoms with E-state index in [1.54, 1.807) is 29.6 Å². The number of nitrogens with zero attached hydrogens (tertiary/aromatic N) is 1. The number of anilines is 2. The van der Waals surface area contributed by atoms with E-state index in [9.17, 15) is 23.1 Å². The van der Waals surface area contributed by atoms with Crippen LogP contribution in [0.25, 0.3) is 0 Å². The third-order valence-corrected chi connectivity index (χ3v) is 15.3. The van der Waals surface area contributed by atoms with Crippen molar-refractivity contribution in [2.45, 2.75) is 88.3 Å². The lowest BCUT2D eigenvalue weighted by molar-refractivity contribution is -0.205. The third kappa shape index (κ3) is 6.76. The molecular formula is C38H47N3O6S3. The molecule has 3 aliphatic rings. The normalized spacial score (nSPS) is 32.3. The van der Waals surface area contributed by atoms with Crippen LogP contribution in [0.5, 0.6) is 0 Å². The molecule has 3 fully saturated rings. The van der Waals surface area contributed by atoms with Gasteiger partial charge in [-0.1, -0.05) is 45.9 Å². The summed E-state index contributed by atoms with van der Waals surface area (Å²) in [4.78, 5) is 32.3. The highest BCUT2D eigenvalue weighted by Crippen LogP contribution is 2.68. The summed E-state index contributed by atoms with van der Waals surface area (Å²) in [5.41, 5.74) is 0.231. The van der Waals surface area contributed by atoms with Crippen LogP contribution in [0.3, 0.4) is 0 Å². The minimum atomic E-state index is -3.73. The van der Waals surface area contributed by atoms with Crippen LogP contribution in [0.4, 0.5) is 10.8 Å². The van der Waals surface area contributed by atoms with Gasteiger partial charge in [-0.05, 0) is 84.9 Å². The molecule has 3 aliphatic carbocycles. The van der Waals surface area contributed by atoms with Gasteiger partial charge in [0.2, 0.25) is 0 Å². The summed E-state index contributed by atoms with van der Waals surface area (Å²) in [6.07, 6.45) is 5.63. The predicted octanol–water partition coefficient (Wildman–Crippen LogP) is 7.55. The summed E-state index contributed by atoms with van der Waals surface area (Å²) in [5, 5.41) is 17.1. The molecule has 268 valence electrons. The summed E-state index contributed by atoms with van der Waals surface area (Å²) in [6, 6.07) is 14.4. The molecule has 1 heterocycles. The number of thioether (sulfide) groups is 1. The van der Waals surface area contributed by atoms with Gasteiger partial charge in [0.25, 0.3) is 10.0 Å². The van der Waals surface area contributed by atoms with E-state index < -0.39 is 33.1 Å². The fourth-order valence-electron chi connectivity index (χ4n) is 8.99. The first kappa shape index (κ1) is 36.6. The highest BCUT2D eigenvalue weighted by molar-refractivity contribution is 8.00. The molecule has 3 aromatic rings. The number of benzene rings is 2. The van der Waals surface area contributed by atoms with Crippen LogP contribution < -0.4 is 10.0 Å². The molecule has 2 bridgehead atoms. The molecule has 8 atom stereocenters. The number of esters is 1. The first-order valence-corrected chi connectivity index (χ1v) is 20.6. The number of thiazole rings is 1. The molecule has 3 saturated carbocycles. The molecule has 50 heavy (non-hydrogen) atoms. The lowest BCUT2D eigenvalue weighted by atomic mass is 9.44. The summed E-state index contributed by atoms with van der Waals surface area (Å²) in [5.74, 6) is -0.146. The predicted molar refractivity (Wildman–Crippen MR) is 198 cm³/mol. The van der Waals surface area contributed by atoms with Crippen molar-refractivity contribution in [3.63, 3.8) is 0 Å². The van der Waals surface area contributed by atoms with Crippen molar-refractivity contribution >= 4 is 55.7 Å². The molecule has 0 saturated heterocycles. The molecule has 0 radical (unpaired) electrons. The third-order valence-electron chi connectivity index (χ3n) is 12.1. The number of aliphatic hydroxyl groups is 1. The molecule has 3 N–H and O–H groups in total. The van der Waals surface area contributed by atoms with Crippen molar-refractivity contribution in [1.82, 2.24) is 4.98 Å². The average Bonchev–Trinajstić information content (AvgIpc) is 3.74. The second-order valence-corrected chi connectivity index (χ2v) is 18.4. The van der Waals surface area contributed by atoms with Gasteiger partial charge in [-0.15, -0.1) is 29.7 Å². The molecule has 9 nitrogen and oxygen atoms in total. The second kappa shape index (κ2) is 14.1. The lowest BCUT2D eigenvalue weighted by Crippen LogP contribution is -2.63. The summed E-state index contributed by atoms with van der Waals surface area (Å²) < 4.78 is 34.2. The summed E-state index contributed by atoms with van der Waals surface area (Å²) in [6.45, 7) is 13.1. The van der Waals surface area contributed by atoms with Crippen LogP contribution in [0.2, 0.25) is 0 Å². The van der Waals surface area contributed by atoms with Gasteiger partial charge in [0, 0.05) is 51.9 Å². The molecule has 1 aromatic heterocycles. The number of Topliss-reactive ketones (excluding diaryl/α,β-unsaturated/α-hetero) is 1. The Hall–Kier alpha value is -3.19. The van der Waals surface area contributed by atoms with E-state index in [1.807, 2.05) is 37.3 Å². The number of hydrogen-bond donors (Lipinski definition) is 3. The van der Waals surface area contributed by atoms with Gasteiger partial charge in [0.05, 0.1) is 16.8 Å². The van der Waals surface area contributed by atoms with Gasteiger partial charge in [0.15, 0.2) is 5.13 Å². The number of hydrogen-bond acceptors (Lipinski definition) is 10. The maximum Gasteiger partial charge on any atom is 0.316 e. The zero-order chi connectivity index (χ0) is 35.9. The molecule has 0 amide bonds. The minimum absolute atomic E-state index is 0.0742. The van der Waals surface area contributed by atoms with Gasteiger partial charge < -0.3 is 15.2 Å². The van der Waals surface area contributed by atoms with E-state index in [0.29, 0.717) is 24.5 Å². The van der Waals surface area contributed by atoms with Gasteiger partial charge in [-0.25, -0.2) is 13.4 Å². The number of carbonyl (C=O) groups excluding carboxylic acids is 2. The molecule has 2 aromatic carbocycles. The number of sulfonamides is 1. The van der Waals surface area contributed by atoms with Gasteiger partial charge in [0.1, 0.15) is 11.9 Å².